The lowest BCUT2D eigenvalue weighted by molar-refractivity contribution is 0.0831. The smallest absolute Gasteiger partial charge is 0.260 e. The fourth-order valence-corrected chi connectivity index (χ4v) is 4.93. The molecule has 8 heteroatoms. The van der Waals surface area contributed by atoms with Crippen LogP contribution in [0.1, 0.15) is 16.1 Å². The zero-order valence-corrected chi connectivity index (χ0v) is 17.1. The highest BCUT2D eigenvalue weighted by atomic mass is 35.5. The van der Waals surface area contributed by atoms with Gasteiger partial charge in [0.2, 0.25) is 0 Å². The number of amides is 1. The zero-order valence-electron chi connectivity index (χ0n) is 13.9. The van der Waals surface area contributed by atoms with Gasteiger partial charge in [-0.05, 0) is 36.4 Å². The third kappa shape index (κ3) is 4.04. The van der Waals surface area contributed by atoms with Gasteiger partial charge in [0.05, 0.1) is 21.3 Å². The van der Waals surface area contributed by atoms with Gasteiger partial charge >= 0.3 is 0 Å². The van der Waals surface area contributed by atoms with Crippen molar-refractivity contribution in [3.05, 3.63) is 74.4 Å². The van der Waals surface area contributed by atoms with Crippen LogP contribution in [0.4, 0.5) is 0 Å². The molecule has 2 aromatic heterocycles. The standard InChI is InChI=1S/C19H13Cl2N3OS2/c20-13-3-4-15(16(21)8-13)19(25)24-6-7-26-17(24)9-14-11-27-18(23-14)12-2-1-5-22-10-12/h1-5,8-11H,6-7H2/b17-9+. The second-order valence-corrected chi connectivity index (χ2v) is 8.55. The highest BCUT2D eigenvalue weighted by Crippen LogP contribution is 2.34. The molecule has 0 atom stereocenters. The fourth-order valence-electron chi connectivity index (χ4n) is 2.66. The Morgan fingerprint density at radius 2 is 2.15 bits per heavy atom. The van der Waals surface area contributed by atoms with Gasteiger partial charge in [-0.25, -0.2) is 4.98 Å². The molecule has 136 valence electrons. The summed E-state index contributed by atoms with van der Waals surface area (Å²) in [6.07, 6.45) is 5.47. The molecule has 0 saturated carbocycles. The molecule has 4 rings (SSSR count). The third-order valence-electron chi connectivity index (χ3n) is 3.94. The van der Waals surface area contributed by atoms with Gasteiger partial charge in [-0.2, -0.15) is 0 Å². The molecule has 1 amide bonds. The Hall–Kier alpha value is -1.86. The average Bonchev–Trinajstić information content (AvgIpc) is 3.32. The van der Waals surface area contributed by atoms with Gasteiger partial charge in [-0.15, -0.1) is 23.1 Å². The summed E-state index contributed by atoms with van der Waals surface area (Å²) in [6.45, 7) is 0.633. The van der Waals surface area contributed by atoms with Crippen LogP contribution in [0.15, 0.2) is 53.1 Å². The predicted octanol–water partition coefficient (Wildman–Crippen LogP) is 5.70. The van der Waals surface area contributed by atoms with Gasteiger partial charge in [0.1, 0.15) is 5.01 Å². The minimum absolute atomic E-state index is 0.129. The van der Waals surface area contributed by atoms with Crippen LogP contribution in [0.3, 0.4) is 0 Å². The molecule has 1 aromatic carbocycles. The fraction of sp³-hybridized carbons (Fsp3) is 0.105. The van der Waals surface area contributed by atoms with Gasteiger partial charge in [0, 0.05) is 40.7 Å². The molecule has 1 aliphatic rings. The van der Waals surface area contributed by atoms with Crippen LogP contribution >= 0.6 is 46.3 Å². The van der Waals surface area contributed by atoms with Crippen molar-refractivity contribution in [3.8, 4) is 10.6 Å². The quantitative estimate of drug-likeness (QED) is 0.531. The van der Waals surface area contributed by atoms with Gasteiger partial charge in [-0.1, -0.05) is 23.2 Å². The van der Waals surface area contributed by atoms with Crippen LogP contribution < -0.4 is 0 Å². The van der Waals surface area contributed by atoms with Crippen molar-refractivity contribution in [1.82, 2.24) is 14.9 Å². The van der Waals surface area contributed by atoms with E-state index in [2.05, 4.69) is 9.97 Å². The number of hydrogen-bond acceptors (Lipinski definition) is 5. The second-order valence-electron chi connectivity index (χ2n) is 5.73. The number of thioether (sulfide) groups is 1. The van der Waals surface area contributed by atoms with Crippen LogP contribution in [-0.4, -0.2) is 33.1 Å². The molecule has 0 N–H and O–H groups in total. The minimum atomic E-state index is -0.129. The van der Waals surface area contributed by atoms with Crippen LogP contribution in [0.2, 0.25) is 10.0 Å². The van der Waals surface area contributed by atoms with Gasteiger partial charge in [0.15, 0.2) is 0 Å². The Morgan fingerprint density at radius 3 is 2.93 bits per heavy atom. The van der Waals surface area contributed by atoms with Crippen molar-refractivity contribution in [2.75, 3.05) is 12.3 Å². The summed E-state index contributed by atoms with van der Waals surface area (Å²) < 4.78 is 0. The maximum absolute atomic E-state index is 12.9. The van der Waals surface area contributed by atoms with Crippen molar-refractivity contribution >= 4 is 58.3 Å². The zero-order chi connectivity index (χ0) is 18.8. The van der Waals surface area contributed by atoms with E-state index >= 15 is 0 Å². The van der Waals surface area contributed by atoms with E-state index in [-0.39, 0.29) is 5.91 Å². The number of thiazole rings is 1. The number of hydrogen-bond donors (Lipinski definition) is 0. The normalized spacial score (nSPS) is 15.5. The molecule has 0 unspecified atom stereocenters. The molecular weight excluding hydrogens is 421 g/mol. The summed E-state index contributed by atoms with van der Waals surface area (Å²) in [5.74, 6) is 0.707. The topological polar surface area (TPSA) is 46.1 Å². The first kappa shape index (κ1) is 18.5. The summed E-state index contributed by atoms with van der Waals surface area (Å²) in [5, 5.41) is 4.61. The van der Waals surface area contributed by atoms with Crippen molar-refractivity contribution in [1.29, 1.82) is 0 Å². The monoisotopic (exact) mass is 433 g/mol. The number of carbonyl (C=O) groups is 1. The summed E-state index contributed by atoms with van der Waals surface area (Å²) in [6, 6.07) is 8.79. The molecule has 1 aliphatic heterocycles. The number of benzene rings is 1. The number of rotatable bonds is 3. The van der Waals surface area contributed by atoms with Gasteiger partial charge in [-0.3, -0.25) is 9.78 Å². The largest absolute Gasteiger partial charge is 0.302 e. The molecule has 3 aromatic rings. The van der Waals surface area contributed by atoms with Crippen LogP contribution in [0.5, 0.6) is 0 Å². The predicted molar refractivity (Wildman–Crippen MR) is 113 cm³/mol. The Labute approximate surface area is 174 Å². The lowest BCUT2D eigenvalue weighted by atomic mass is 10.2. The highest BCUT2D eigenvalue weighted by molar-refractivity contribution is 8.03. The van der Waals surface area contributed by atoms with E-state index in [0.717, 1.165) is 27.0 Å². The van der Waals surface area contributed by atoms with Crippen molar-refractivity contribution in [2.45, 2.75) is 0 Å². The van der Waals surface area contributed by atoms with Crippen LogP contribution in [0, 0.1) is 0 Å². The Kier molecular flexibility index (Phi) is 5.50. The molecular formula is C19H13Cl2N3OS2. The van der Waals surface area contributed by atoms with E-state index in [4.69, 9.17) is 23.2 Å². The highest BCUT2D eigenvalue weighted by Gasteiger charge is 2.27. The molecule has 27 heavy (non-hydrogen) atoms. The summed E-state index contributed by atoms with van der Waals surface area (Å²) in [5.41, 5.74) is 2.25. The van der Waals surface area contributed by atoms with E-state index in [9.17, 15) is 4.79 Å². The number of carbonyl (C=O) groups excluding carboxylic acids is 1. The molecule has 0 radical (unpaired) electrons. The van der Waals surface area contributed by atoms with Crippen molar-refractivity contribution in [3.63, 3.8) is 0 Å². The van der Waals surface area contributed by atoms with E-state index in [1.54, 1.807) is 58.6 Å². The molecule has 0 bridgehead atoms. The lowest BCUT2D eigenvalue weighted by Gasteiger charge is -2.17. The summed E-state index contributed by atoms with van der Waals surface area (Å²) >= 11 is 15.3. The number of halogens is 2. The first-order valence-corrected chi connectivity index (χ1v) is 10.7. The average molecular weight is 434 g/mol. The third-order valence-corrected chi connectivity index (χ3v) is 6.42. The maximum Gasteiger partial charge on any atom is 0.260 e. The SMILES string of the molecule is O=C(c1ccc(Cl)cc1Cl)N1CCS/C1=C/c1csc(-c2cccnc2)n1. The van der Waals surface area contributed by atoms with Crippen molar-refractivity contribution in [2.24, 2.45) is 0 Å². The first-order valence-electron chi connectivity index (χ1n) is 8.09. The van der Waals surface area contributed by atoms with Crippen molar-refractivity contribution < 1.29 is 4.79 Å². The van der Waals surface area contributed by atoms with Gasteiger partial charge in [0.25, 0.3) is 5.91 Å². The Bertz CT molecular complexity index is 1020. The minimum Gasteiger partial charge on any atom is -0.302 e. The lowest BCUT2D eigenvalue weighted by Crippen LogP contribution is -2.27. The summed E-state index contributed by atoms with van der Waals surface area (Å²) in [7, 11) is 0. The summed E-state index contributed by atoms with van der Waals surface area (Å²) in [4.78, 5) is 23.4. The number of nitrogens with zero attached hydrogens (tertiary/aromatic N) is 3. The molecule has 1 saturated heterocycles. The molecule has 1 fully saturated rings. The van der Waals surface area contributed by atoms with Gasteiger partial charge < -0.3 is 4.90 Å². The van der Waals surface area contributed by atoms with Crippen LogP contribution in [0.25, 0.3) is 16.6 Å². The molecule has 0 aliphatic carbocycles. The van der Waals surface area contributed by atoms with E-state index < -0.39 is 0 Å². The molecule has 0 spiro atoms. The first-order chi connectivity index (χ1) is 13.1. The van der Waals surface area contributed by atoms with Crippen LogP contribution in [-0.2, 0) is 0 Å². The number of pyridine rings is 1. The van der Waals surface area contributed by atoms with E-state index in [1.165, 1.54) is 0 Å². The maximum atomic E-state index is 12.9. The Balaban J connectivity index is 1.60. The molecule has 3 heterocycles. The Morgan fingerprint density at radius 1 is 1.26 bits per heavy atom. The second kappa shape index (κ2) is 8.02. The van der Waals surface area contributed by atoms with E-state index in [1.807, 2.05) is 23.6 Å². The molecule has 4 nitrogen and oxygen atoms in total. The van der Waals surface area contributed by atoms with E-state index in [0.29, 0.717) is 22.2 Å². The number of aromatic nitrogens is 2.